The molecule has 0 saturated carbocycles. The maximum absolute atomic E-state index is 13.7. The van der Waals surface area contributed by atoms with Crippen LogP contribution in [0, 0.1) is 0 Å². The second-order valence-corrected chi connectivity index (χ2v) is 10.2. The largest absolute Gasteiger partial charge is 0.352 e. The van der Waals surface area contributed by atoms with Crippen molar-refractivity contribution in [3.05, 3.63) is 104 Å². The zero-order valence-corrected chi connectivity index (χ0v) is 22.2. The summed E-state index contributed by atoms with van der Waals surface area (Å²) in [7, 11) is 0. The molecule has 1 N–H and O–H groups in total. The number of halogens is 3. The van der Waals surface area contributed by atoms with Crippen LogP contribution in [0.25, 0.3) is 0 Å². The standard InChI is InChI=1S/C27H27BrCl2N2O2/c1-18(2)31-27(34)25(14-19-7-4-3-5-8-19)32(17-20-9-6-10-22(28)13-20)26(33)15-21-11-12-23(29)16-24(21)30/h3-13,16,18,25H,14-15,17H2,1-2H3,(H,31,34). The molecule has 0 aliphatic carbocycles. The number of carbonyl (C=O) groups is 2. The Kier molecular flexibility index (Phi) is 9.57. The van der Waals surface area contributed by atoms with E-state index in [0.29, 0.717) is 22.0 Å². The van der Waals surface area contributed by atoms with Gasteiger partial charge in [-0.1, -0.05) is 87.7 Å². The van der Waals surface area contributed by atoms with E-state index in [4.69, 9.17) is 23.2 Å². The maximum atomic E-state index is 13.7. The summed E-state index contributed by atoms with van der Waals surface area (Å²) in [4.78, 5) is 28.7. The summed E-state index contributed by atoms with van der Waals surface area (Å²) in [5, 5.41) is 3.92. The molecule has 3 rings (SSSR count). The van der Waals surface area contributed by atoms with Crippen molar-refractivity contribution < 1.29 is 9.59 Å². The minimum Gasteiger partial charge on any atom is -0.352 e. The van der Waals surface area contributed by atoms with E-state index in [0.717, 1.165) is 15.6 Å². The number of rotatable bonds is 9. The molecular weight excluding hydrogens is 535 g/mol. The highest BCUT2D eigenvalue weighted by Crippen LogP contribution is 2.24. The Morgan fingerprint density at radius 3 is 2.29 bits per heavy atom. The smallest absolute Gasteiger partial charge is 0.243 e. The number of amides is 2. The molecule has 0 heterocycles. The van der Waals surface area contributed by atoms with Crippen molar-refractivity contribution in [1.29, 1.82) is 0 Å². The van der Waals surface area contributed by atoms with Crippen LogP contribution in [0.3, 0.4) is 0 Å². The molecule has 178 valence electrons. The molecule has 0 saturated heterocycles. The molecule has 2 amide bonds. The summed E-state index contributed by atoms with van der Waals surface area (Å²) in [5.41, 5.74) is 2.56. The summed E-state index contributed by atoms with van der Waals surface area (Å²) in [6.07, 6.45) is 0.456. The number of hydrogen-bond acceptors (Lipinski definition) is 2. The summed E-state index contributed by atoms with van der Waals surface area (Å²) in [5.74, 6) is -0.381. The van der Waals surface area contributed by atoms with E-state index in [1.54, 1.807) is 23.1 Å². The lowest BCUT2D eigenvalue weighted by Gasteiger charge is -2.32. The Hall–Kier alpha value is -2.34. The fourth-order valence-corrected chi connectivity index (χ4v) is 4.62. The first-order chi connectivity index (χ1) is 16.2. The van der Waals surface area contributed by atoms with Gasteiger partial charge in [0.2, 0.25) is 11.8 Å². The van der Waals surface area contributed by atoms with Gasteiger partial charge in [-0.05, 0) is 54.8 Å². The lowest BCUT2D eigenvalue weighted by molar-refractivity contribution is -0.141. The molecule has 7 heteroatoms. The number of benzene rings is 3. The first-order valence-corrected chi connectivity index (χ1v) is 12.6. The summed E-state index contributed by atoms with van der Waals surface area (Å²) in [6, 6.07) is 21.8. The fraction of sp³-hybridized carbons (Fsp3) is 0.259. The van der Waals surface area contributed by atoms with Crippen molar-refractivity contribution in [2.24, 2.45) is 0 Å². The van der Waals surface area contributed by atoms with E-state index >= 15 is 0 Å². The van der Waals surface area contributed by atoms with Crippen LogP contribution in [-0.2, 0) is 29.0 Å². The molecule has 0 spiro atoms. The van der Waals surface area contributed by atoms with Crippen LogP contribution in [0.4, 0.5) is 0 Å². The fourth-order valence-electron chi connectivity index (χ4n) is 3.70. The molecule has 3 aromatic carbocycles. The second kappa shape index (κ2) is 12.4. The van der Waals surface area contributed by atoms with Gasteiger partial charge in [-0.2, -0.15) is 0 Å². The average Bonchev–Trinajstić information content (AvgIpc) is 2.78. The molecule has 3 aromatic rings. The van der Waals surface area contributed by atoms with Gasteiger partial charge in [0, 0.05) is 33.5 Å². The highest BCUT2D eigenvalue weighted by atomic mass is 79.9. The minimum absolute atomic E-state index is 0.0562. The van der Waals surface area contributed by atoms with E-state index in [1.165, 1.54) is 0 Å². The SMILES string of the molecule is CC(C)NC(=O)C(Cc1ccccc1)N(Cc1cccc(Br)c1)C(=O)Cc1ccc(Cl)cc1Cl. The monoisotopic (exact) mass is 560 g/mol. The van der Waals surface area contributed by atoms with E-state index in [2.05, 4.69) is 21.2 Å². The topological polar surface area (TPSA) is 49.4 Å². The lowest BCUT2D eigenvalue weighted by atomic mass is 10.0. The van der Waals surface area contributed by atoms with Crippen molar-refractivity contribution >= 4 is 50.9 Å². The first-order valence-electron chi connectivity index (χ1n) is 11.0. The highest BCUT2D eigenvalue weighted by Gasteiger charge is 2.31. The summed E-state index contributed by atoms with van der Waals surface area (Å²) in [6.45, 7) is 4.10. The Bertz CT molecular complexity index is 1140. The average molecular weight is 562 g/mol. The maximum Gasteiger partial charge on any atom is 0.243 e. The molecule has 1 atom stereocenters. The molecule has 0 aliphatic rings. The van der Waals surface area contributed by atoms with Crippen LogP contribution >= 0.6 is 39.1 Å². The number of hydrogen-bond donors (Lipinski definition) is 1. The van der Waals surface area contributed by atoms with Crippen LogP contribution in [0.15, 0.2) is 77.3 Å². The lowest BCUT2D eigenvalue weighted by Crippen LogP contribution is -2.52. The molecule has 0 bridgehead atoms. The number of nitrogens with zero attached hydrogens (tertiary/aromatic N) is 1. The van der Waals surface area contributed by atoms with Crippen molar-refractivity contribution in [2.45, 2.75) is 45.3 Å². The third kappa shape index (κ3) is 7.59. The normalized spacial score (nSPS) is 11.8. The van der Waals surface area contributed by atoms with Gasteiger partial charge in [-0.25, -0.2) is 0 Å². The molecule has 0 radical (unpaired) electrons. The quantitative estimate of drug-likeness (QED) is 0.326. The van der Waals surface area contributed by atoms with Gasteiger partial charge in [0.25, 0.3) is 0 Å². The van der Waals surface area contributed by atoms with Crippen LogP contribution < -0.4 is 5.32 Å². The number of nitrogens with one attached hydrogen (secondary N) is 1. The molecule has 1 unspecified atom stereocenters. The van der Waals surface area contributed by atoms with Crippen LogP contribution in [0.1, 0.15) is 30.5 Å². The first kappa shape index (κ1) is 26.3. The van der Waals surface area contributed by atoms with Crippen molar-refractivity contribution in [3.63, 3.8) is 0 Å². The Morgan fingerprint density at radius 2 is 1.65 bits per heavy atom. The van der Waals surface area contributed by atoms with E-state index in [9.17, 15) is 9.59 Å². The molecule has 0 fully saturated rings. The van der Waals surface area contributed by atoms with E-state index < -0.39 is 6.04 Å². The Morgan fingerprint density at radius 1 is 0.941 bits per heavy atom. The van der Waals surface area contributed by atoms with Crippen LogP contribution in [0.2, 0.25) is 10.0 Å². The van der Waals surface area contributed by atoms with Crippen LogP contribution in [0.5, 0.6) is 0 Å². The predicted molar refractivity (Wildman–Crippen MR) is 142 cm³/mol. The zero-order valence-electron chi connectivity index (χ0n) is 19.1. The van der Waals surface area contributed by atoms with Gasteiger partial charge in [-0.15, -0.1) is 0 Å². The molecular formula is C27H27BrCl2N2O2. The van der Waals surface area contributed by atoms with Crippen molar-refractivity contribution in [3.8, 4) is 0 Å². The number of carbonyl (C=O) groups excluding carboxylic acids is 2. The van der Waals surface area contributed by atoms with Gasteiger partial charge in [-0.3, -0.25) is 9.59 Å². The molecule has 0 aromatic heterocycles. The van der Waals surface area contributed by atoms with Gasteiger partial charge < -0.3 is 10.2 Å². The third-order valence-corrected chi connectivity index (χ3v) is 6.38. The summed E-state index contributed by atoms with van der Waals surface area (Å²) >= 11 is 15.9. The Labute approximate surface area is 219 Å². The third-order valence-electron chi connectivity index (χ3n) is 5.30. The zero-order chi connectivity index (χ0) is 24.7. The molecule has 0 aliphatic heterocycles. The predicted octanol–water partition coefficient (Wildman–Crippen LogP) is 6.46. The Balaban J connectivity index is 1.99. The summed E-state index contributed by atoms with van der Waals surface area (Å²) < 4.78 is 0.907. The van der Waals surface area contributed by atoms with Gasteiger partial charge in [0.15, 0.2) is 0 Å². The van der Waals surface area contributed by atoms with E-state index in [1.807, 2.05) is 68.4 Å². The second-order valence-electron chi connectivity index (χ2n) is 8.43. The van der Waals surface area contributed by atoms with Crippen molar-refractivity contribution in [2.75, 3.05) is 0 Å². The highest BCUT2D eigenvalue weighted by molar-refractivity contribution is 9.10. The van der Waals surface area contributed by atoms with Gasteiger partial charge in [0.05, 0.1) is 6.42 Å². The molecule has 34 heavy (non-hydrogen) atoms. The minimum atomic E-state index is -0.692. The van der Waals surface area contributed by atoms with E-state index in [-0.39, 0.29) is 30.8 Å². The van der Waals surface area contributed by atoms with Gasteiger partial charge in [0.1, 0.15) is 6.04 Å². The van der Waals surface area contributed by atoms with Crippen LogP contribution in [-0.4, -0.2) is 28.8 Å². The molecule has 4 nitrogen and oxygen atoms in total. The van der Waals surface area contributed by atoms with Gasteiger partial charge >= 0.3 is 0 Å². The van der Waals surface area contributed by atoms with Crippen molar-refractivity contribution in [1.82, 2.24) is 10.2 Å².